The molecule has 0 saturated carbocycles. The molecule has 0 aliphatic rings. The van der Waals surface area contributed by atoms with E-state index in [2.05, 4.69) is 0 Å². The summed E-state index contributed by atoms with van der Waals surface area (Å²) in [4.78, 5) is 11.6. The van der Waals surface area contributed by atoms with Crippen molar-refractivity contribution < 1.29 is 9.53 Å². The van der Waals surface area contributed by atoms with Gasteiger partial charge < -0.3 is 10.5 Å². The number of nitrogens with zero attached hydrogens (tertiary/aromatic N) is 1. The lowest BCUT2D eigenvalue weighted by atomic mass is 10.1. The van der Waals surface area contributed by atoms with E-state index in [-0.39, 0.29) is 6.61 Å². The number of ether oxygens (including phenoxy) is 1. The van der Waals surface area contributed by atoms with Crippen LogP contribution in [0.1, 0.15) is 28.8 Å². The van der Waals surface area contributed by atoms with E-state index in [0.717, 1.165) is 5.56 Å². The van der Waals surface area contributed by atoms with Crippen LogP contribution in [0, 0.1) is 18.3 Å². The van der Waals surface area contributed by atoms with Crippen LogP contribution in [0.3, 0.4) is 0 Å². The summed E-state index contributed by atoms with van der Waals surface area (Å²) in [5.41, 5.74) is 7.54. The largest absolute Gasteiger partial charge is 0.462 e. The Morgan fingerprint density at radius 2 is 2.25 bits per heavy atom. The van der Waals surface area contributed by atoms with Crippen molar-refractivity contribution in [2.45, 2.75) is 19.8 Å². The van der Waals surface area contributed by atoms with Crippen molar-refractivity contribution in [1.82, 2.24) is 0 Å². The van der Waals surface area contributed by atoms with E-state index < -0.39 is 5.97 Å². The van der Waals surface area contributed by atoms with Crippen molar-refractivity contribution in [2.75, 3.05) is 12.3 Å². The summed E-state index contributed by atoms with van der Waals surface area (Å²) in [6.07, 6.45) is 0.951. The quantitative estimate of drug-likeness (QED) is 0.476. The highest BCUT2D eigenvalue weighted by Gasteiger charge is 2.07. The number of hydrogen-bond acceptors (Lipinski definition) is 4. The van der Waals surface area contributed by atoms with Gasteiger partial charge >= 0.3 is 5.97 Å². The number of benzene rings is 1. The second kappa shape index (κ2) is 5.76. The fraction of sp³-hybridized carbons (Fsp3) is 0.333. The summed E-state index contributed by atoms with van der Waals surface area (Å²) in [6, 6.07) is 7.08. The van der Waals surface area contributed by atoms with Crippen LogP contribution >= 0.6 is 0 Å². The fourth-order valence-corrected chi connectivity index (χ4v) is 1.33. The second-order valence-corrected chi connectivity index (χ2v) is 3.53. The van der Waals surface area contributed by atoms with Crippen molar-refractivity contribution in [1.29, 1.82) is 5.26 Å². The molecule has 0 heterocycles. The zero-order chi connectivity index (χ0) is 12.0. The van der Waals surface area contributed by atoms with Crippen LogP contribution in [-0.4, -0.2) is 12.6 Å². The number of rotatable bonds is 4. The van der Waals surface area contributed by atoms with E-state index >= 15 is 0 Å². The third-order valence-electron chi connectivity index (χ3n) is 2.00. The Morgan fingerprint density at radius 3 is 2.88 bits per heavy atom. The van der Waals surface area contributed by atoms with Crippen molar-refractivity contribution in [3.05, 3.63) is 29.3 Å². The van der Waals surface area contributed by atoms with E-state index in [1.165, 1.54) is 0 Å². The lowest BCUT2D eigenvalue weighted by Crippen LogP contribution is -2.07. The van der Waals surface area contributed by atoms with Crippen LogP contribution in [0.4, 0.5) is 5.69 Å². The van der Waals surface area contributed by atoms with Crippen LogP contribution < -0.4 is 5.73 Å². The average Bonchev–Trinajstić information content (AvgIpc) is 2.22. The molecular formula is C12H14N2O2. The molecule has 1 aromatic carbocycles. The second-order valence-electron chi connectivity index (χ2n) is 3.53. The van der Waals surface area contributed by atoms with Gasteiger partial charge in [0, 0.05) is 12.1 Å². The molecule has 0 atom stereocenters. The van der Waals surface area contributed by atoms with Crippen LogP contribution in [0.2, 0.25) is 0 Å². The first kappa shape index (κ1) is 12.1. The van der Waals surface area contributed by atoms with Crippen LogP contribution in [0.15, 0.2) is 18.2 Å². The first-order valence-corrected chi connectivity index (χ1v) is 5.04. The number of unbranched alkanes of at least 4 members (excludes halogenated alkanes) is 1. The molecule has 0 radical (unpaired) electrons. The smallest absolute Gasteiger partial charge is 0.338 e. The minimum Gasteiger partial charge on any atom is -0.462 e. The fourth-order valence-electron chi connectivity index (χ4n) is 1.33. The van der Waals surface area contributed by atoms with Crippen molar-refractivity contribution in [2.24, 2.45) is 0 Å². The molecule has 1 rings (SSSR count). The number of carbonyl (C=O) groups excluding carboxylic acids is 1. The van der Waals surface area contributed by atoms with Gasteiger partial charge in [0.25, 0.3) is 0 Å². The van der Waals surface area contributed by atoms with Gasteiger partial charge in [-0.2, -0.15) is 5.26 Å². The van der Waals surface area contributed by atoms with Gasteiger partial charge in [-0.25, -0.2) is 4.79 Å². The van der Waals surface area contributed by atoms with Gasteiger partial charge in [0.1, 0.15) is 0 Å². The van der Waals surface area contributed by atoms with E-state index in [0.29, 0.717) is 24.1 Å². The van der Waals surface area contributed by atoms with Gasteiger partial charge in [-0.15, -0.1) is 0 Å². The zero-order valence-corrected chi connectivity index (χ0v) is 9.19. The Labute approximate surface area is 94.6 Å². The monoisotopic (exact) mass is 218 g/mol. The Balaban J connectivity index is 2.56. The van der Waals surface area contributed by atoms with Gasteiger partial charge in [-0.05, 0) is 37.1 Å². The average molecular weight is 218 g/mol. The Kier molecular flexibility index (Phi) is 4.34. The maximum absolute atomic E-state index is 11.6. The molecule has 2 N–H and O–H groups in total. The molecular weight excluding hydrogens is 204 g/mol. The molecule has 0 amide bonds. The lowest BCUT2D eigenvalue weighted by Gasteiger charge is -2.05. The summed E-state index contributed by atoms with van der Waals surface area (Å²) in [5.74, 6) is -0.395. The number of nitrogen functional groups attached to an aromatic ring is 1. The maximum atomic E-state index is 11.6. The molecule has 16 heavy (non-hydrogen) atoms. The molecule has 84 valence electrons. The van der Waals surface area contributed by atoms with Crippen LogP contribution in [-0.2, 0) is 4.74 Å². The lowest BCUT2D eigenvalue weighted by molar-refractivity contribution is 0.0501. The van der Waals surface area contributed by atoms with Crippen LogP contribution in [0.5, 0.6) is 0 Å². The predicted molar refractivity (Wildman–Crippen MR) is 60.7 cm³/mol. The van der Waals surface area contributed by atoms with E-state index in [4.69, 9.17) is 15.7 Å². The molecule has 0 fully saturated rings. The third kappa shape index (κ3) is 3.62. The summed E-state index contributed by atoms with van der Waals surface area (Å²) < 4.78 is 4.99. The number of aryl methyl sites for hydroxylation is 1. The first-order valence-electron chi connectivity index (χ1n) is 5.04. The van der Waals surface area contributed by atoms with Gasteiger partial charge in [-0.3, -0.25) is 0 Å². The molecule has 0 saturated heterocycles. The van der Waals surface area contributed by atoms with Crippen molar-refractivity contribution in [3.8, 4) is 6.07 Å². The molecule has 0 unspecified atom stereocenters. The maximum Gasteiger partial charge on any atom is 0.338 e. The minimum absolute atomic E-state index is 0.264. The Morgan fingerprint density at radius 1 is 1.50 bits per heavy atom. The molecule has 0 spiro atoms. The molecule has 0 bridgehead atoms. The van der Waals surface area contributed by atoms with Gasteiger partial charge in [0.2, 0.25) is 0 Å². The number of anilines is 1. The zero-order valence-electron chi connectivity index (χ0n) is 9.19. The van der Waals surface area contributed by atoms with Gasteiger partial charge in [0.05, 0.1) is 18.2 Å². The Hall–Kier alpha value is -2.02. The molecule has 4 heteroatoms. The number of hydrogen-bond donors (Lipinski definition) is 1. The summed E-state index contributed by atoms with van der Waals surface area (Å²) in [5, 5.41) is 8.31. The summed E-state index contributed by atoms with van der Waals surface area (Å²) in [7, 11) is 0. The highest BCUT2D eigenvalue weighted by Crippen LogP contribution is 2.12. The normalized spacial score (nSPS) is 9.50. The van der Waals surface area contributed by atoms with E-state index in [1.807, 2.05) is 13.0 Å². The highest BCUT2D eigenvalue weighted by molar-refractivity contribution is 5.90. The predicted octanol–water partition coefficient (Wildman–Crippen LogP) is 2.04. The van der Waals surface area contributed by atoms with Crippen molar-refractivity contribution >= 4 is 11.7 Å². The number of carbonyl (C=O) groups is 1. The molecule has 1 aromatic rings. The number of nitrogens with two attached hydrogens (primary N) is 1. The number of nitriles is 1. The minimum atomic E-state index is -0.395. The topological polar surface area (TPSA) is 76.1 Å². The standard InChI is InChI=1S/C12H14N2O2/c1-9-6-10(8-11(14)7-9)12(15)16-5-3-2-4-13/h6-8H,2-3,5,14H2,1H3. The SMILES string of the molecule is Cc1cc(N)cc(C(=O)OCCCC#N)c1. The Bertz CT molecular complexity index is 401. The number of esters is 1. The van der Waals surface area contributed by atoms with E-state index in [9.17, 15) is 4.79 Å². The van der Waals surface area contributed by atoms with Gasteiger partial charge in [0.15, 0.2) is 0 Å². The third-order valence-corrected chi connectivity index (χ3v) is 2.00. The van der Waals surface area contributed by atoms with E-state index in [1.54, 1.807) is 18.2 Å². The summed E-state index contributed by atoms with van der Waals surface area (Å²) in [6.45, 7) is 2.13. The van der Waals surface area contributed by atoms with Crippen molar-refractivity contribution in [3.63, 3.8) is 0 Å². The highest BCUT2D eigenvalue weighted by atomic mass is 16.5. The van der Waals surface area contributed by atoms with Crippen LogP contribution in [0.25, 0.3) is 0 Å². The first-order chi connectivity index (χ1) is 7.63. The molecule has 0 aliphatic heterocycles. The molecule has 0 aliphatic carbocycles. The molecule has 4 nitrogen and oxygen atoms in total. The van der Waals surface area contributed by atoms with Gasteiger partial charge in [-0.1, -0.05) is 0 Å². The molecule has 0 aromatic heterocycles. The summed E-state index contributed by atoms with van der Waals surface area (Å²) >= 11 is 0.